The highest BCUT2D eigenvalue weighted by molar-refractivity contribution is 5.13. The van der Waals surface area contributed by atoms with Gasteiger partial charge in [-0.05, 0) is 44.6 Å². The molecule has 1 aliphatic heterocycles. The molecule has 106 valence electrons. The predicted molar refractivity (Wildman–Crippen MR) is 78.1 cm³/mol. The lowest BCUT2D eigenvalue weighted by Crippen LogP contribution is -2.07. The Kier molecular flexibility index (Phi) is 5.00. The summed E-state index contributed by atoms with van der Waals surface area (Å²) in [5.41, 5.74) is 1.40. The smallest absolute Gasteiger partial charge is 0.0892 e. The molecule has 1 fully saturated rings. The molecule has 19 heavy (non-hydrogen) atoms. The van der Waals surface area contributed by atoms with Crippen LogP contribution in [0.25, 0.3) is 0 Å². The maximum absolute atomic E-state index is 5.72. The Morgan fingerprint density at radius 3 is 2.53 bits per heavy atom. The standard InChI is InChI=1S/C17H26O2/c1-14(9-10-16-17(2,3)19-16)11-12-18-13-15-7-5-4-6-8-15/h4-8,14,16H,9-13H2,1-3H3/t14-,16?/m0/s1. The van der Waals surface area contributed by atoms with Crippen LogP contribution in [0.15, 0.2) is 30.3 Å². The zero-order chi connectivity index (χ0) is 13.7. The minimum atomic E-state index is 0.142. The summed E-state index contributed by atoms with van der Waals surface area (Å²) >= 11 is 0. The summed E-state index contributed by atoms with van der Waals surface area (Å²) in [6.45, 7) is 8.23. The second kappa shape index (κ2) is 6.53. The molecule has 1 aromatic carbocycles. The SMILES string of the molecule is C[C@H](CCOCc1ccccc1)CCC1OC1(C)C. The van der Waals surface area contributed by atoms with Gasteiger partial charge in [-0.25, -0.2) is 0 Å². The van der Waals surface area contributed by atoms with Crippen molar-refractivity contribution in [3.05, 3.63) is 35.9 Å². The number of benzene rings is 1. The molecule has 0 amide bonds. The lowest BCUT2D eigenvalue weighted by Gasteiger charge is -2.11. The molecular formula is C17H26O2. The molecule has 2 atom stereocenters. The van der Waals surface area contributed by atoms with Crippen LogP contribution in [0.1, 0.15) is 45.6 Å². The van der Waals surface area contributed by atoms with E-state index in [1.54, 1.807) is 0 Å². The Bertz CT molecular complexity index is 372. The van der Waals surface area contributed by atoms with Gasteiger partial charge in [-0.3, -0.25) is 0 Å². The summed E-state index contributed by atoms with van der Waals surface area (Å²) < 4.78 is 11.3. The fourth-order valence-corrected chi connectivity index (χ4v) is 2.37. The van der Waals surface area contributed by atoms with E-state index >= 15 is 0 Å². The van der Waals surface area contributed by atoms with Crippen LogP contribution in [-0.4, -0.2) is 18.3 Å². The zero-order valence-corrected chi connectivity index (χ0v) is 12.4. The first-order valence-corrected chi connectivity index (χ1v) is 7.37. The van der Waals surface area contributed by atoms with Crippen LogP contribution < -0.4 is 0 Å². The molecule has 0 spiro atoms. The molecule has 0 aromatic heterocycles. The molecule has 0 N–H and O–H groups in total. The zero-order valence-electron chi connectivity index (χ0n) is 12.4. The number of epoxide rings is 1. The second-order valence-electron chi connectivity index (χ2n) is 6.22. The Morgan fingerprint density at radius 1 is 1.21 bits per heavy atom. The minimum Gasteiger partial charge on any atom is -0.377 e. The Hall–Kier alpha value is -0.860. The van der Waals surface area contributed by atoms with Crippen molar-refractivity contribution < 1.29 is 9.47 Å². The van der Waals surface area contributed by atoms with Crippen molar-refractivity contribution in [3.8, 4) is 0 Å². The van der Waals surface area contributed by atoms with E-state index in [4.69, 9.17) is 9.47 Å². The van der Waals surface area contributed by atoms with Crippen LogP contribution in [0.5, 0.6) is 0 Å². The Labute approximate surface area is 117 Å². The topological polar surface area (TPSA) is 21.8 Å². The van der Waals surface area contributed by atoms with Gasteiger partial charge in [0, 0.05) is 6.61 Å². The van der Waals surface area contributed by atoms with Gasteiger partial charge in [-0.1, -0.05) is 37.3 Å². The van der Waals surface area contributed by atoms with Crippen LogP contribution in [0, 0.1) is 5.92 Å². The van der Waals surface area contributed by atoms with Gasteiger partial charge in [0.05, 0.1) is 18.3 Å². The second-order valence-corrected chi connectivity index (χ2v) is 6.22. The summed E-state index contributed by atoms with van der Waals surface area (Å²) in [7, 11) is 0. The van der Waals surface area contributed by atoms with Crippen molar-refractivity contribution >= 4 is 0 Å². The number of hydrogen-bond donors (Lipinski definition) is 0. The summed E-state index contributed by atoms with van der Waals surface area (Å²) in [5.74, 6) is 0.718. The number of ether oxygens (including phenoxy) is 2. The Morgan fingerprint density at radius 2 is 1.89 bits per heavy atom. The number of hydrogen-bond acceptors (Lipinski definition) is 2. The maximum atomic E-state index is 5.72. The molecule has 2 nitrogen and oxygen atoms in total. The summed E-state index contributed by atoms with van der Waals surface area (Å²) in [4.78, 5) is 0. The number of rotatable bonds is 8. The average Bonchev–Trinajstić information content (AvgIpc) is 3.01. The lowest BCUT2D eigenvalue weighted by atomic mass is 9.98. The molecule has 1 aromatic rings. The minimum absolute atomic E-state index is 0.142. The fourth-order valence-electron chi connectivity index (χ4n) is 2.37. The molecule has 0 saturated carbocycles. The van der Waals surface area contributed by atoms with Crippen molar-refractivity contribution in [1.82, 2.24) is 0 Å². The highest BCUT2D eigenvalue weighted by Gasteiger charge is 2.46. The third kappa shape index (κ3) is 4.96. The largest absolute Gasteiger partial charge is 0.377 e. The van der Waals surface area contributed by atoms with Crippen molar-refractivity contribution in [2.24, 2.45) is 5.92 Å². The maximum Gasteiger partial charge on any atom is 0.0892 e. The molecule has 2 rings (SSSR count). The molecule has 0 bridgehead atoms. The van der Waals surface area contributed by atoms with Gasteiger partial charge >= 0.3 is 0 Å². The predicted octanol–water partition coefficient (Wildman–Crippen LogP) is 4.19. The first-order valence-electron chi connectivity index (χ1n) is 7.37. The van der Waals surface area contributed by atoms with Gasteiger partial charge in [0.1, 0.15) is 0 Å². The van der Waals surface area contributed by atoms with Crippen LogP contribution in [-0.2, 0) is 16.1 Å². The monoisotopic (exact) mass is 262 g/mol. The lowest BCUT2D eigenvalue weighted by molar-refractivity contribution is 0.107. The van der Waals surface area contributed by atoms with Gasteiger partial charge in [0.25, 0.3) is 0 Å². The first-order chi connectivity index (χ1) is 9.08. The van der Waals surface area contributed by atoms with Crippen molar-refractivity contribution in [2.45, 2.75) is 58.3 Å². The third-order valence-electron chi connectivity index (χ3n) is 3.95. The molecule has 1 aliphatic rings. The van der Waals surface area contributed by atoms with Crippen LogP contribution in [0.4, 0.5) is 0 Å². The normalized spacial score (nSPS) is 22.2. The van der Waals surface area contributed by atoms with Crippen LogP contribution >= 0.6 is 0 Å². The van der Waals surface area contributed by atoms with E-state index in [0.717, 1.165) is 25.6 Å². The molecule has 2 heteroatoms. The van der Waals surface area contributed by atoms with Crippen molar-refractivity contribution in [1.29, 1.82) is 0 Å². The summed E-state index contributed by atoms with van der Waals surface area (Å²) in [5, 5.41) is 0. The van der Waals surface area contributed by atoms with Crippen LogP contribution in [0.3, 0.4) is 0 Å². The van der Waals surface area contributed by atoms with Crippen molar-refractivity contribution in [2.75, 3.05) is 6.61 Å². The van der Waals surface area contributed by atoms with E-state index in [2.05, 4.69) is 45.0 Å². The Balaban J connectivity index is 1.51. The molecule has 1 heterocycles. The van der Waals surface area contributed by atoms with Gasteiger partial charge in [-0.2, -0.15) is 0 Å². The van der Waals surface area contributed by atoms with Crippen LogP contribution in [0.2, 0.25) is 0 Å². The molecule has 0 radical (unpaired) electrons. The van der Waals surface area contributed by atoms with Crippen molar-refractivity contribution in [3.63, 3.8) is 0 Å². The average molecular weight is 262 g/mol. The summed E-state index contributed by atoms with van der Waals surface area (Å²) in [6, 6.07) is 10.4. The molecule has 0 aliphatic carbocycles. The molecular weight excluding hydrogens is 236 g/mol. The van der Waals surface area contributed by atoms with E-state index < -0.39 is 0 Å². The van der Waals surface area contributed by atoms with Gasteiger partial charge < -0.3 is 9.47 Å². The highest BCUT2D eigenvalue weighted by atomic mass is 16.6. The quantitative estimate of drug-likeness (QED) is 0.517. The highest BCUT2D eigenvalue weighted by Crippen LogP contribution is 2.39. The summed E-state index contributed by atoms with van der Waals surface area (Å²) in [6.07, 6.45) is 4.05. The van der Waals surface area contributed by atoms with E-state index in [1.165, 1.54) is 18.4 Å². The van der Waals surface area contributed by atoms with Gasteiger partial charge in [0.2, 0.25) is 0 Å². The van der Waals surface area contributed by atoms with Gasteiger partial charge in [-0.15, -0.1) is 0 Å². The molecule has 1 saturated heterocycles. The van der Waals surface area contributed by atoms with E-state index in [9.17, 15) is 0 Å². The van der Waals surface area contributed by atoms with Gasteiger partial charge in [0.15, 0.2) is 0 Å². The fraction of sp³-hybridized carbons (Fsp3) is 0.647. The third-order valence-corrected chi connectivity index (χ3v) is 3.95. The van der Waals surface area contributed by atoms with E-state index in [1.807, 2.05) is 6.07 Å². The van der Waals surface area contributed by atoms with E-state index in [0.29, 0.717) is 6.10 Å². The van der Waals surface area contributed by atoms with E-state index in [-0.39, 0.29) is 5.60 Å². The first kappa shape index (κ1) is 14.5. The molecule has 1 unspecified atom stereocenters.